The molecule has 0 aliphatic rings. The Labute approximate surface area is 110 Å². The molecule has 0 heterocycles. The number of methoxy groups -OCH3 is 1. The number of nitrogens with one attached hydrogen (secondary N) is 1. The van der Waals surface area contributed by atoms with Gasteiger partial charge in [0.1, 0.15) is 5.82 Å². The average Bonchev–Trinajstić information content (AvgIpc) is 2.37. The van der Waals surface area contributed by atoms with Crippen LogP contribution in [0.2, 0.25) is 0 Å². The molecule has 0 amide bonds. The number of ether oxygens (including phenoxy) is 1. The van der Waals surface area contributed by atoms with Crippen molar-refractivity contribution in [3.8, 4) is 0 Å². The molecule has 18 heavy (non-hydrogen) atoms. The Morgan fingerprint density at radius 2 is 2.11 bits per heavy atom. The molecule has 0 aliphatic carbocycles. The van der Waals surface area contributed by atoms with E-state index in [-0.39, 0.29) is 18.0 Å². The minimum atomic E-state index is -0.177. The second-order valence-electron chi connectivity index (χ2n) is 4.79. The summed E-state index contributed by atoms with van der Waals surface area (Å²) in [5, 5.41) is 3.47. The van der Waals surface area contributed by atoms with E-state index in [9.17, 15) is 4.39 Å². The first kappa shape index (κ1) is 15.1. The molecule has 102 valence electrons. The summed E-state index contributed by atoms with van der Waals surface area (Å²) in [6.07, 6.45) is 2.06. The molecule has 1 aromatic rings. The van der Waals surface area contributed by atoms with Gasteiger partial charge in [0, 0.05) is 13.2 Å². The van der Waals surface area contributed by atoms with Gasteiger partial charge in [0.05, 0.1) is 6.10 Å². The topological polar surface area (TPSA) is 21.3 Å². The maximum atomic E-state index is 13.4. The van der Waals surface area contributed by atoms with Gasteiger partial charge in [-0.2, -0.15) is 0 Å². The first-order valence-electron chi connectivity index (χ1n) is 6.60. The average molecular weight is 253 g/mol. The van der Waals surface area contributed by atoms with Gasteiger partial charge in [0.25, 0.3) is 0 Å². The summed E-state index contributed by atoms with van der Waals surface area (Å²) < 4.78 is 18.7. The van der Waals surface area contributed by atoms with E-state index in [1.807, 2.05) is 19.9 Å². The normalized spacial score (nSPS) is 14.5. The first-order valence-corrected chi connectivity index (χ1v) is 6.60. The highest BCUT2D eigenvalue weighted by Crippen LogP contribution is 2.24. The van der Waals surface area contributed by atoms with Crippen molar-refractivity contribution >= 4 is 0 Å². The van der Waals surface area contributed by atoms with Crippen LogP contribution in [0.25, 0.3) is 0 Å². The Morgan fingerprint density at radius 3 is 2.72 bits per heavy atom. The second kappa shape index (κ2) is 7.49. The molecule has 0 spiro atoms. The zero-order chi connectivity index (χ0) is 13.5. The van der Waals surface area contributed by atoms with Gasteiger partial charge in [-0.15, -0.1) is 0 Å². The quantitative estimate of drug-likeness (QED) is 0.801. The summed E-state index contributed by atoms with van der Waals surface area (Å²) in [7, 11) is 1.71. The van der Waals surface area contributed by atoms with E-state index in [0.717, 1.165) is 30.5 Å². The Kier molecular flexibility index (Phi) is 6.30. The number of benzene rings is 1. The van der Waals surface area contributed by atoms with E-state index in [0.29, 0.717) is 0 Å². The van der Waals surface area contributed by atoms with Gasteiger partial charge in [0.2, 0.25) is 0 Å². The fourth-order valence-electron chi connectivity index (χ4n) is 2.05. The molecule has 0 saturated heterocycles. The molecule has 1 rings (SSSR count). The van der Waals surface area contributed by atoms with E-state index in [1.54, 1.807) is 13.2 Å². The molecular weight excluding hydrogens is 229 g/mol. The fraction of sp³-hybridized carbons (Fsp3) is 0.600. The lowest BCUT2D eigenvalue weighted by Crippen LogP contribution is -2.26. The van der Waals surface area contributed by atoms with Crippen LogP contribution in [0.3, 0.4) is 0 Å². The lowest BCUT2D eigenvalue weighted by Gasteiger charge is -2.23. The van der Waals surface area contributed by atoms with Crippen molar-refractivity contribution in [2.75, 3.05) is 13.7 Å². The monoisotopic (exact) mass is 253 g/mol. The highest BCUT2D eigenvalue weighted by Gasteiger charge is 2.17. The van der Waals surface area contributed by atoms with Crippen LogP contribution in [0, 0.1) is 12.7 Å². The third-order valence-corrected chi connectivity index (χ3v) is 3.23. The third kappa shape index (κ3) is 4.39. The Hall–Kier alpha value is -0.930. The lowest BCUT2D eigenvalue weighted by molar-refractivity contribution is 0.100. The van der Waals surface area contributed by atoms with E-state index in [2.05, 4.69) is 12.2 Å². The van der Waals surface area contributed by atoms with Crippen LogP contribution in [-0.2, 0) is 4.74 Å². The molecule has 2 unspecified atom stereocenters. The minimum absolute atomic E-state index is 0.149. The number of hydrogen-bond donors (Lipinski definition) is 1. The third-order valence-electron chi connectivity index (χ3n) is 3.23. The summed E-state index contributed by atoms with van der Waals surface area (Å²) in [5.74, 6) is -0.177. The summed E-state index contributed by atoms with van der Waals surface area (Å²) >= 11 is 0. The molecule has 2 atom stereocenters. The van der Waals surface area contributed by atoms with Gasteiger partial charge in [-0.05, 0) is 56.5 Å². The predicted molar refractivity (Wildman–Crippen MR) is 73.3 cm³/mol. The Morgan fingerprint density at radius 1 is 1.39 bits per heavy atom. The van der Waals surface area contributed by atoms with Gasteiger partial charge in [0.15, 0.2) is 0 Å². The van der Waals surface area contributed by atoms with Crippen molar-refractivity contribution in [3.05, 3.63) is 35.1 Å². The van der Waals surface area contributed by atoms with Gasteiger partial charge >= 0.3 is 0 Å². The molecule has 0 fully saturated rings. The largest absolute Gasteiger partial charge is 0.382 e. The van der Waals surface area contributed by atoms with Crippen molar-refractivity contribution in [2.45, 2.75) is 45.8 Å². The molecule has 3 heteroatoms. The molecule has 0 radical (unpaired) electrons. The summed E-state index contributed by atoms with van der Waals surface area (Å²) in [6, 6.07) is 5.12. The number of halogens is 1. The van der Waals surface area contributed by atoms with Gasteiger partial charge in [-0.3, -0.25) is 0 Å². The van der Waals surface area contributed by atoms with Crippen LogP contribution in [-0.4, -0.2) is 19.8 Å². The van der Waals surface area contributed by atoms with Crippen LogP contribution >= 0.6 is 0 Å². The molecular formula is C15H24FNO. The zero-order valence-corrected chi connectivity index (χ0v) is 11.8. The molecule has 0 saturated carbocycles. The minimum Gasteiger partial charge on any atom is -0.382 e. The Balaban J connectivity index is 2.89. The maximum Gasteiger partial charge on any atom is 0.123 e. The van der Waals surface area contributed by atoms with E-state index < -0.39 is 0 Å². The van der Waals surface area contributed by atoms with E-state index >= 15 is 0 Å². The first-order chi connectivity index (χ1) is 8.58. The second-order valence-corrected chi connectivity index (χ2v) is 4.79. The molecule has 2 nitrogen and oxygen atoms in total. The van der Waals surface area contributed by atoms with Crippen molar-refractivity contribution in [3.63, 3.8) is 0 Å². The van der Waals surface area contributed by atoms with E-state index in [4.69, 9.17) is 4.74 Å². The van der Waals surface area contributed by atoms with Crippen molar-refractivity contribution in [2.24, 2.45) is 0 Å². The molecule has 0 bridgehead atoms. The van der Waals surface area contributed by atoms with Crippen LogP contribution in [0.15, 0.2) is 18.2 Å². The van der Waals surface area contributed by atoms with Gasteiger partial charge in [-0.25, -0.2) is 4.39 Å². The molecule has 1 aromatic carbocycles. The highest BCUT2D eigenvalue weighted by molar-refractivity contribution is 5.29. The zero-order valence-electron chi connectivity index (χ0n) is 11.8. The maximum absolute atomic E-state index is 13.4. The molecule has 1 N–H and O–H groups in total. The van der Waals surface area contributed by atoms with Crippen LogP contribution in [0.4, 0.5) is 4.39 Å². The van der Waals surface area contributed by atoms with Crippen LogP contribution in [0.1, 0.15) is 43.9 Å². The number of aryl methyl sites for hydroxylation is 1. The van der Waals surface area contributed by atoms with Crippen LogP contribution in [0.5, 0.6) is 0 Å². The predicted octanol–water partition coefficient (Wildman–Crippen LogP) is 3.60. The Bertz CT molecular complexity index is 368. The van der Waals surface area contributed by atoms with Gasteiger partial charge < -0.3 is 10.1 Å². The summed E-state index contributed by atoms with van der Waals surface area (Å²) in [4.78, 5) is 0. The van der Waals surface area contributed by atoms with Crippen molar-refractivity contribution in [1.82, 2.24) is 5.32 Å². The standard InChI is InChI=1S/C15H24FNO/c1-5-8-17-15(9-12(3)18-4)14-10-13(16)7-6-11(14)2/h6-7,10,12,15,17H,5,8-9H2,1-4H3. The highest BCUT2D eigenvalue weighted by atomic mass is 19.1. The van der Waals surface area contributed by atoms with Crippen molar-refractivity contribution < 1.29 is 9.13 Å². The summed E-state index contributed by atoms with van der Waals surface area (Å²) in [6.45, 7) is 7.11. The van der Waals surface area contributed by atoms with Gasteiger partial charge in [-0.1, -0.05) is 13.0 Å². The number of rotatable bonds is 7. The smallest absolute Gasteiger partial charge is 0.123 e. The number of hydrogen-bond acceptors (Lipinski definition) is 2. The van der Waals surface area contributed by atoms with Crippen molar-refractivity contribution in [1.29, 1.82) is 0 Å². The molecule has 0 aromatic heterocycles. The van der Waals surface area contributed by atoms with E-state index in [1.165, 1.54) is 6.07 Å². The van der Waals surface area contributed by atoms with Crippen LogP contribution < -0.4 is 5.32 Å². The molecule has 0 aliphatic heterocycles. The SMILES string of the molecule is CCCNC(CC(C)OC)c1cc(F)ccc1C. The fourth-order valence-corrected chi connectivity index (χ4v) is 2.05. The lowest BCUT2D eigenvalue weighted by atomic mass is 9.96. The summed E-state index contributed by atoms with van der Waals surface area (Å²) in [5.41, 5.74) is 2.15.